The Morgan fingerprint density at radius 3 is 2.11 bits per heavy atom. The van der Waals surface area contributed by atoms with E-state index in [4.69, 9.17) is 8.85 Å². The van der Waals surface area contributed by atoms with Gasteiger partial charge in [0.2, 0.25) is 0 Å². The van der Waals surface area contributed by atoms with Crippen molar-refractivity contribution in [3.63, 3.8) is 0 Å². The number of rotatable bonds is 6. The first-order valence-electron chi connectivity index (χ1n) is 5.77. The summed E-state index contributed by atoms with van der Waals surface area (Å²) in [5, 5.41) is 0. The van der Waals surface area contributed by atoms with Gasteiger partial charge in [-0.05, 0) is 37.1 Å². The van der Waals surface area contributed by atoms with Gasteiger partial charge in [0.25, 0.3) is 0 Å². The van der Waals surface area contributed by atoms with Crippen molar-refractivity contribution >= 4 is 8.56 Å². The lowest BCUT2D eigenvalue weighted by molar-refractivity contribution is 0.248. The van der Waals surface area contributed by atoms with Gasteiger partial charge in [0.15, 0.2) is 23.3 Å². The van der Waals surface area contributed by atoms with Crippen molar-refractivity contribution in [1.29, 1.82) is 0 Å². The van der Waals surface area contributed by atoms with Crippen molar-refractivity contribution in [3.8, 4) is 0 Å². The van der Waals surface area contributed by atoms with Crippen molar-refractivity contribution < 1.29 is 26.4 Å². The highest BCUT2D eigenvalue weighted by molar-refractivity contribution is 6.65. The standard InChI is InChI=1S/C12H16F4O2Si/c1-17-19(3,18-2)6-4-5-8-7-9(13)11(15)12(16)10(8)14/h7H,4-6H2,1-3H3. The van der Waals surface area contributed by atoms with Crippen LogP contribution in [0.4, 0.5) is 17.6 Å². The van der Waals surface area contributed by atoms with Crippen LogP contribution in [0.5, 0.6) is 0 Å². The van der Waals surface area contributed by atoms with Crippen LogP contribution in [0.1, 0.15) is 12.0 Å². The lowest BCUT2D eigenvalue weighted by Crippen LogP contribution is -2.35. The number of aryl methyl sites for hydroxylation is 1. The third-order valence-electron chi connectivity index (χ3n) is 3.12. The zero-order valence-corrected chi connectivity index (χ0v) is 12.0. The predicted octanol–water partition coefficient (Wildman–Crippen LogP) is 3.54. The molecule has 0 saturated carbocycles. The molecule has 108 valence electrons. The molecule has 0 unspecified atom stereocenters. The Labute approximate surface area is 110 Å². The summed E-state index contributed by atoms with van der Waals surface area (Å²) >= 11 is 0. The summed E-state index contributed by atoms with van der Waals surface area (Å²) in [4.78, 5) is 0. The molecule has 1 aromatic rings. The summed E-state index contributed by atoms with van der Waals surface area (Å²) in [7, 11) is 0.752. The maximum atomic E-state index is 13.4. The van der Waals surface area contributed by atoms with Gasteiger partial charge < -0.3 is 8.85 Å². The van der Waals surface area contributed by atoms with Gasteiger partial charge in [-0.3, -0.25) is 0 Å². The minimum absolute atomic E-state index is 0.0925. The summed E-state index contributed by atoms with van der Waals surface area (Å²) in [6, 6.07) is 1.23. The molecule has 0 spiro atoms. The Kier molecular flexibility index (Phi) is 5.51. The van der Waals surface area contributed by atoms with Gasteiger partial charge in [-0.1, -0.05) is 0 Å². The van der Waals surface area contributed by atoms with Crippen LogP contribution in [0.25, 0.3) is 0 Å². The van der Waals surface area contributed by atoms with E-state index in [1.165, 1.54) is 14.2 Å². The first kappa shape index (κ1) is 16.1. The van der Waals surface area contributed by atoms with Gasteiger partial charge in [-0.15, -0.1) is 0 Å². The molecule has 7 heteroatoms. The molecule has 0 bridgehead atoms. The molecule has 0 saturated heterocycles. The van der Waals surface area contributed by atoms with Crippen LogP contribution in [0.15, 0.2) is 6.07 Å². The SMILES string of the molecule is CO[Si](C)(CCCc1cc(F)c(F)c(F)c1F)OC. The van der Waals surface area contributed by atoms with E-state index < -0.39 is 31.8 Å². The van der Waals surface area contributed by atoms with Gasteiger partial charge >= 0.3 is 8.56 Å². The second kappa shape index (κ2) is 6.49. The van der Waals surface area contributed by atoms with Crippen LogP contribution >= 0.6 is 0 Å². The number of halogens is 4. The molecule has 1 rings (SSSR count). The monoisotopic (exact) mass is 296 g/mol. The summed E-state index contributed by atoms with van der Waals surface area (Å²) in [5.41, 5.74) is -0.181. The lowest BCUT2D eigenvalue weighted by atomic mass is 10.1. The van der Waals surface area contributed by atoms with Gasteiger partial charge in [0.05, 0.1) is 0 Å². The average Bonchev–Trinajstić information content (AvgIpc) is 2.41. The Balaban J connectivity index is 2.74. The number of benzene rings is 1. The largest absolute Gasteiger partial charge is 0.398 e. The molecule has 0 atom stereocenters. The molecular formula is C12H16F4O2Si. The van der Waals surface area contributed by atoms with Crippen LogP contribution in [-0.4, -0.2) is 22.8 Å². The number of hydrogen-bond donors (Lipinski definition) is 0. The van der Waals surface area contributed by atoms with E-state index in [-0.39, 0.29) is 12.0 Å². The number of hydrogen-bond acceptors (Lipinski definition) is 2. The molecule has 0 aromatic heterocycles. The van der Waals surface area contributed by atoms with E-state index in [2.05, 4.69) is 0 Å². The van der Waals surface area contributed by atoms with Gasteiger partial charge in [0.1, 0.15) is 0 Å². The molecular weight excluding hydrogens is 280 g/mol. The zero-order valence-electron chi connectivity index (χ0n) is 11.0. The highest BCUT2D eigenvalue weighted by Gasteiger charge is 2.28. The normalized spacial score (nSPS) is 11.9. The van der Waals surface area contributed by atoms with Crippen molar-refractivity contribution in [2.45, 2.75) is 25.4 Å². The molecule has 0 aliphatic rings. The van der Waals surface area contributed by atoms with Gasteiger partial charge in [-0.2, -0.15) is 0 Å². The highest BCUT2D eigenvalue weighted by atomic mass is 28.4. The molecule has 0 heterocycles. The molecule has 0 aliphatic heterocycles. The van der Waals surface area contributed by atoms with Crippen LogP contribution in [0, 0.1) is 23.3 Å². The fourth-order valence-corrected chi connectivity index (χ4v) is 3.09. The third kappa shape index (κ3) is 3.77. The minimum atomic E-state index is -2.29. The topological polar surface area (TPSA) is 18.5 Å². The quantitative estimate of drug-likeness (QED) is 0.346. The zero-order chi connectivity index (χ0) is 14.6. The smallest absolute Gasteiger partial charge is 0.334 e. The Morgan fingerprint density at radius 1 is 1.00 bits per heavy atom. The summed E-state index contributed by atoms with van der Waals surface area (Å²) in [6.07, 6.45) is 0.529. The van der Waals surface area contributed by atoms with Crippen molar-refractivity contribution in [1.82, 2.24) is 0 Å². The molecule has 0 amide bonds. The molecule has 0 aliphatic carbocycles. The first-order chi connectivity index (χ1) is 8.84. The average molecular weight is 296 g/mol. The van der Waals surface area contributed by atoms with Crippen LogP contribution in [0.3, 0.4) is 0 Å². The van der Waals surface area contributed by atoms with Crippen LogP contribution in [0.2, 0.25) is 12.6 Å². The highest BCUT2D eigenvalue weighted by Crippen LogP contribution is 2.22. The maximum Gasteiger partial charge on any atom is 0.334 e. The fraction of sp³-hybridized carbons (Fsp3) is 0.500. The van der Waals surface area contributed by atoms with Crippen molar-refractivity contribution in [2.75, 3.05) is 14.2 Å². The van der Waals surface area contributed by atoms with Crippen LogP contribution in [-0.2, 0) is 15.3 Å². The van der Waals surface area contributed by atoms with Gasteiger partial charge in [0, 0.05) is 14.2 Å². The summed E-state index contributed by atoms with van der Waals surface area (Å²) in [5.74, 6) is -6.27. The lowest BCUT2D eigenvalue weighted by Gasteiger charge is -2.22. The van der Waals surface area contributed by atoms with Gasteiger partial charge in [-0.25, -0.2) is 17.6 Å². The van der Waals surface area contributed by atoms with E-state index in [0.29, 0.717) is 18.5 Å². The molecule has 0 fully saturated rings. The summed E-state index contributed by atoms with van der Waals surface area (Å²) in [6.45, 7) is 1.83. The van der Waals surface area contributed by atoms with E-state index in [9.17, 15) is 17.6 Å². The van der Waals surface area contributed by atoms with Crippen molar-refractivity contribution in [3.05, 3.63) is 34.9 Å². The minimum Gasteiger partial charge on any atom is -0.398 e. The molecule has 0 N–H and O–H groups in total. The molecule has 19 heavy (non-hydrogen) atoms. The fourth-order valence-electron chi connectivity index (χ4n) is 1.69. The van der Waals surface area contributed by atoms with E-state index >= 15 is 0 Å². The molecule has 1 aromatic carbocycles. The maximum absolute atomic E-state index is 13.4. The molecule has 0 radical (unpaired) electrons. The Bertz CT molecular complexity index is 450. The summed E-state index contributed by atoms with van der Waals surface area (Å²) < 4.78 is 62.6. The molecule has 2 nitrogen and oxygen atoms in total. The van der Waals surface area contributed by atoms with Crippen molar-refractivity contribution in [2.24, 2.45) is 0 Å². The van der Waals surface area contributed by atoms with E-state index in [1.54, 1.807) is 0 Å². The second-order valence-corrected chi connectivity index (χ2v) is 7.94. The second-order valence-electron chi connectivity index (χ2n) is 4.36. The first-order valence-corrected chi connectivity index (χ1v) is 8.29. The predicted molar refractivity (Wildman–Crippen MR) is 65.0 cm³/mol. The van der Waals surface area contributed by atoms with E-state index in [0.717, 1.165) is 0 Å². The van der Waals surface area contributed by atoms with Crippen LogP contribution < -0.4 is 0 Å². The van der Waals surface area contributed by atoms with E-state index in [1.807, 2.05) is 6.55 Å². The Hall–Kier alpha value is -0.923. The third-order valence-corrected chi connectivity index (χ3v) is 6.11. The Morgan fingerprint density at radius 2 is 1.58 bits per heavy atom.